The van der Waals surface area contributed by atoms with Gasteiger partial charge in [0.1, 0.15) is 5.69 Å². The molecule has 0 radical (unpaired) electrons. The van der Waals surface area contributed by atoms with Gasteiger partial charge in [0.2, 0.25) is 0 Å². The van der Waals surface area contributed by atoms with E-state index in [2.05, 4.69) is 45.4 Å². The minimum Gasteiger partial charge on any atom is -0.354 e. The van der Waals surface area contributed by atoms with Crippen LogP contribution in [0.25, 0.3) is 0 Å². The summed E-state index contributed by atoms with van der Waals surface area (Å²) in [7, 11) is 0. The number of aryl methyl sites for hydroxylation is 1. The lowest BCUT2D eigenvalue weighted by atomic mass is 10.2. The highest BCUT2D eigenvalue weighted by Gasteiger charge is 2.07. The van der Waals surface area contributed by atoms with Crippen LogP contribution in [0.15, 0.2) is 41.0 Å². The number of nitrogens with zero attached hydrogens (tertiary/aromatic N) is 1. The molecule has 0 bridgehead atoms. The third-order valence-electron chi connectivity index (χ3n) is 3.13. The molecule has 1 amide bonds. The number of aromatic nitrogens is 1. The Morgan fingerprint density at radius 3 is 2.64 bits per heavy atom. The number of rotatable bonds is 5. The van der Waals surface area contributed by atoms with Gasteiger partial charge in [-0.05, 0) is 48.7 Å². The van der Waals surface area contributed by atoms with E-state index in [9.17, 15) is 4.79 Å². The van der Waals surface area contributed by atoms with Crippen molar-refractivity contribution in [2.24, 2.45) is 5.92 Å². The molecular formula is C17H20BrN3O. The van der Waals surface area contributed by atoms with E-state index in [4.69, 9.17) is 0 Å². The summed E-state index contributed by atoms with van der Waals surface area (Å²) < 4.78 is 1.05. The van der Waals surface area contributed by atoms with Gasteiger partial charge < -0.3 is 10.6 Å². The van der Waals surface area contributed by atoms with E-state index >= 15 is 0 Å². The van der Waals surface area contributed by atoms with Crippen molar-refractivity contribution in [3.63, 3.8) is 0 Å². The second-order valence-electron chi connectivity index (χ2n) is 5.62. The summed E-state index contributed by atoms with van der Waals surface area (Å²) in [6.45, 7) is 6.80. The molecule has 0 aliphatic carbocycles. The number of hydrogen-bond donors (Lipinski definition) is 2. The number of hydrogen-bond acceptors (Lipinski definition) is 3. The fraction of sp³-hybridized carbons (Fsp3) is 0.294. The van der Waals surface area contributed by atoms with Gasteiger partial charge in [0.25, 0.3) is 5.91 Å². The summed E-state index contributed by atoms with van der Waals surface area (Å²) in [5.74, 6) is 0.283. The van der Waals surface area contributed by atoms with Crippen molar-refractivity contribution in [3.8, 4) is 0 Å². The highest BCUT2D eigenvalue weighted by atomic mass is 79.9. The maximum absolute atomic E-state index is 11.9. The highest BCUT2D eigenvalue weighted by Crippen LogP contribution is 2.23. The van der Waals surface area contributed by atoms with E-state index in [-0.39, 0.29) is 5.91 Å². The van der Waals surface area contributed by atoms with Gasteiger partial charge in [-0.15, -0.1) is 0 Å². The first kappa shape index (κ1) is 16.5. The van der Waals surface area contributed by atoms with Gasteiger partial charge in [0, 0.05) is 16.7 Å². The molecule has 1 aromatic heterocycles. The quantitative estimate of drug-likeness (QED) is 0.835. The standard InChI is InChI=1S/C17H20BrN3O/c1-11(2)9-20-17(22)16-7-5-14(10-19-16)21-15-6-4-13(18)8-12(15)3/h4-8,10-11,21H,9H2,1-3H3,(H,20,22). The van der Waals surface area contributed by atoms with Crippen molar-refractivity contribution in [1.29, 1.82) is 0 Å². The summed E-state index contributed by atoms with van der Waals surface area (Å²) in [4.78, 5) is 16.1. The lowest BCUT2D eigenvalue weighted by Crippen LogP contribution is -2.27. The summed E-state index contributed by atoms with van der Waals surface area (Å²) in [5, 5.41) is 6.16. The van der Waals surface area contributed by atoms with Gasteiger partial charge in [0.15, 0.2) is 0 Å². The van der Waals surface area contributed by atoms with Crippen LogP contribution >= 0.6 is 15.9 Å². The fourth-order valence-corrected chi connectivity index (χ4v) is 2.39. The average Bonchev–Trinajstić information content (AvgIpc) is 2.48. The minimum atomic E-state index is -0.139. The average molecular weight is 362 g/mol. The van der Waals surface area contributed by atoms with Crippen LogP contribution in [0.2, 0.25) is 0 Å². The van der Waals surface area contributed by atoms with E-state index < -0.39 is 0 Å². The first-order chi connectivity index (χ1) is 10.5. The normalized spacial score (nSPS) is 10.6. The van der Waals surface area contributed by atoms with Crippen LogP contribution in [0, 0.1) is 12.8 Å². The van der Waals surface area contributed by atoms with E-state index in [1.165, 1.54) is 0 Å². The van der Waals surface area contributed by atoms with E-state index in [0.717, 1.165) is 21.4 Å². The molecule has 0 aliphatic heterocycles. The van der Waals surface area contributed by atoms with Crippen LogP contribution in [-0.2, 0) is 0 Å². The zero-order valence-electron chi connectivity index (χ0n) is 13.0. The third kappa shape index (κ3) is 4.56. The molecule has 1 heterocycles. The molecule has 0 saturated heterocycles. The number of carbonyl (C=O) groups is 1. The number of pyridine rings is 1. The fourth-order valence-electron chi connectivity index (χ4n) is 1.91. The largest absolute Gasteiger partial charge is 0.354 e. The lowest BCUT2D eigenvalue weighted by Gasteiger charge is -2.10. The highest BCUT2D eigenvalue weighted by molar-refractivity contribution is 9.10. The van der Waals surface area contributed by atoms with Gasteiger partial charge in [-0.3, -0.25) is 4.79 Å². The Morgan fingerprint density at radius 2 is 2.05 bits per heavy atom. The van der Waals surface area contributed by atoms with Crippen LogP contribution in [0.3, 0.4) is 0 Å². The molecule has 1 aromatic carbocycles. The van der Waals surface area contributed by atoms with Crippen LogP contribution in [0.5, 0.6) is 0 Å². The van der Waals surface area contributed by atoms with E-state index in [1.54, 1.807) is 12.3 Å². The van der Waals surface area contributed by atoms with Gasteiger partial charge >= 0.3 is 0 Å². The minimum absolute atomic E-state index is 0.139. The molecular weight excluding hydrogens is 342 g/mol. The van der Waals surface area contributed by atoms with Crippen molar-refractivity contribution in [2.45, 2.75) is 20.8 Å². The Hall–Kier alpha value is -1.88. The Morgan fingerprint density at radius 1 is 1.27 bits per heavy atom. The third-order valence-corrected chi connectivity index (χ3v) is 3.63. The zero-order valence-corrected chi connectivity index (χ0v) is 14.6. The topological polar surface area (TPSA) is 54.0 Å². The maximum Gasteiger partial charge on any atom is 0.269 e. The Bertz CT molecular complexity index is 653. The van der Waals surface area contributed by atoms with Crippen molar-refractivity contribution >= 4 is 33.2 Å². The SMILES string of the molecule is Cc1cc(Br)ccc1Nc1ccc(C(=O)NCC(C)C)nc1. The van der Waals surface area contributed by atoms with Crippen molar-refractivity contribution in [2.75, 3.05) is 11.9 Å². The molecule has 4 nitrogen and oxygen atoms in total. The molecule has 116 valence electrons. The number of amides is 1. The first-order valence-corrected chi connectivity index (χ1v) is 8.02. The molecule has 22 heavy (non-hydrogen) atoms. The number of nitrogens with one attached hydrogen (secondary N) is 2. The molecule has 2 rings (SSSR count). The number of anilines is 2. The Labute approximate surface area is 139 Å². The molecule has 0 spiro atoms. The molecule has 0 saturated carbocycles. The Balaban J connectivity index is 2.04. The molecule has 0 fully saturated rings. The smallest absolute Gasteiger partial charge is 0.269 e. The maximum atomic E-state index is 11.9. The van der Waals surface area contributed by atoms with Crippen molar-refractivity contribution in [3.05, 3.63) is 52.3 Å². The predicted octanol–water partition coefficient (Wildman–Crippen LogP) is 4.28. The van der Waals surface area contributed by atoms with E-state index in [0.29, 0.717) is 18.2 Å². The molecule has 2 N–H and O–H groups in total. The molecule has 0 aliphatic rings. The van der Waals surface area contributed by atoms with Crippen LogP contribution < -0.4 is 10.6 Å². The van der Waals surface area contributed by atoms with Gasteiger partial charge in [-0.1, -0.05) is 29.8 Å². The van der Waals surface area contributed by atoms with Crippen molar-refractivity contribution in [1.82, 2.24) is 10.3 Å². The van der Waals surface area contributed by atoms with Crippen LogP contribution in [0.4, 0.5) is 11.4 Å². The number of carbonyl (C=O) groups excluding carboxylic acids is 1. The van der Waals surface area contributed by atoms with E-state index in [1.807, 2.05) is 31.2 Å². The van der Waals surface area contributed by atoms with Crippen LogP contribution in [-0.4, -0.2) is 17.4 Å². The van der Waals surface area contributed by atoms with Gasteiger partial charge in [0.05, 0.1) is 11.9 Å². The monoisotopic (exact) mass is 361 g/mol. The summed E-state index contributed by atoms with van der Waals surface area (Å²) in [6, 6.07) is 9.62. The van der Waals surface area contributed by atoms with Crippen LogP contribution in [0.1, 0.15) is 29.9 Å². The van der Waals surface area contributed by atoms with Gasteiger partial charge in [-0.2, -0.15) is 0 Å². The predicted molar refractivity (Wildman–Crippen MR) is 93.6 cm³/mol. The number of benzene rings is 1. The zero-order chi connectivity index (χ0) is 16.1. The molecule has 2 aromatic rings. The van der Waals surface area contributed by atoms with Crippen molar-refractivity contribution < 1.29 is 4.79 Å². The number of halogens is 1. The Kier molecular flexibility index (Phi) is 5.55. The molecule has 5 heteroatoms. The van der Waals surface area contributed by atoms with Gasteiger partial charge in [-0.25, -0.2) is 4.98 Å². The summed E-state index contributed by atoms with van der Waals surface area (Å²) in [6.07, 6.45) is 1.67. The summed E-state index contributed by atoms with van der Waals surface area (Å²) in [5.41, 5.74) is 3.43. The second kappa shape index (κ2) is 7.40. The summed E-state index contributed by atoms with van der Waals surface area (Å²) >= 11 is 3.45. The molecule has 0 atom stereocenters. The molecule has 0 unspecified atom stereocenters. The first-order valence-electron chi connectivity index (χ1n) is 7.23. The second-order valence-corrected chi connectivity index (χ2v) is 6.54. The lowest BCUT2D eigenvalue weighted by molar-refractivity contribution is 0.0944.